The van der Waals surface area contributed by atoms with Gasteiger partial charge in [-0.25, -0.2) is 4.98 Å². The summed E-state index contributed by atoms with van der Waals surface area (Å²) in [6, 6.07) is 3.62. The van der Waals surface area contributed by atoms with Gasteiger partial charge in [0.25, 0.3) is 0 Å². The molecular weight excluding hydrogens is 208 g/mol. The van der Waals surface area contributed by atoms with Crippen molar-refractivity contribution in [3.63, 3.8) is 0 Å². The van der Waals surface area contributed by atoms with Crippen molar-refractivity contribution < 1.29 is 14.7 Å². The smallest absolute Gasteiger partial charge is 0.225 e. The largest absolute Gasteiger partial charge is 0.550 e. The van der Waals surface area contributed by atoms with Crippen LogP contribution in [-0.2, 0) is 9.59 Å². The molecule has 0 spiro atoms. The molecule has 0 aliphatic rings. The van der Waals surface area contributed by atoms with E-state index in [4.69, 9.17) is 0 Å². The molecule has 5 nitrogen and oxygen atoms in total. The van der Waals surface area contributed by atoms with E-state index in [1.165, 1.54) is 0 Å². The second-order valence-corrected chi connectivity index (χ2v) is 3.44. The summed E-state index contributed by atoms with van der Waals surface area (Å²) in [6.45, 7) is 1.84. The van der Waals surface area contributed by atoms with Crippen LogP contribution in [0.3, 0.4) is 0 Å². The van der Waals surface area contributed by atoms with Crippen LogP contribution >= 0.6 is 0 Å². The molecule has 1 heterocycles. The highest BCUT2D eigenvalue weighted by Crippen LogP contribution is 2.09. The van der Waals surface area contributed by atoms with Gasteiger partial charge in [-0.1, -0.05) is 6.07 Å². The summed E-state index contributed by atoms with van der Waals surface area (Å²) in [5, 5.41) is 12.8. The summed E-state index contributed by atoms with van der Waals surface area (Å²) in [6.07, 6.45) is 1.92. The molecule has 0 aliphatic heterocycles. The van der Waals surface area contributed by atoms with Crippen LogP contribution in [0, 0.1) is 6.92 Å². The SMILES string of the molecule is Cc1cccnc1NC(=O)CCCC(=O)[O-]. The summed E-state index contributed by atoms with van der Waals surface area (Å²) in [4.78, 5) is 25.5. The molecule has 16 heavy (non-hydrogen) atoms. The molecule has 1 N–H and O–H groups in total. The lowest BCUT2D eigenvalue weighted by atomic mass is 10.2. The highest BCUT2D eigenvalue weighted by molar-refractivity contribution is 5.90. The van der Waals surface area contributed by atoms with Crippen molar-refractivity contribution >= 4 is 17.7 Å². The summed E-state index contributed by atoms with van der Waals surface area (Å²) >= 11 is 0. The number of amides is 1. The van der Waals surface area contributed by atoms with Crippen LogP contribution < -0.4 is 10.4 Å². The Bertz CT molecular complexity index is 391. The van der Waals surface area contributed by atoms with E-state index >= 15 is 0 Å². The Morgan fingerprint density at radius 2 is 2.19 bits per heavy atom. The molecule has 1 aromatic rings. The Balaban J connectivity index is 2.40. The molecule has 0 saturated carbocycles. The number of carbonyl (C=O) groups is 2. The number of rotatable bonds is 5. The number of hydrogen-bond acceptors (Lipinski definition) is 4. The summed E-state index contributed by atoms with van der Waals surface area (Å²) < 4.78 is 0. The molecular formula is C11H13N2O3-. The summed E-state index contributed by atoms with van der Waals surface area (Å²) in [5.41, 5.74) is 0.871. The van der Waals surface area contributed by atoms with Crippen LogP contribution in [0.2, 0.25) is 0 Å². The lowest BCUT2D eigenvalue weighted by Crippen LogP contribution is -2.22. The number of nitrogens with zero attached hydrogens (tertiary/aromatic N) is 1. The number of pyridine rings is 1. The predicted molar refractivity (Wildman–Crippen MR) is 56.5 cm³/mol. The monoisotopic (exact) mass is 221 g/mol. The number of aliphatic carboxylic acids is 1. The van der Waals surface area contributed by atoms with E-state index in [-0.39, 0.29) is 25.2 Å². The number of hydrogen-bond donors (Lipinski definition) is 1. The van der Waals surface area contributed by atoms with E-state index in [2.05, 4.69) is 10.3 Å². The fourth-order valence-corrected chi connectivity index (χ4v) is 1.20. The maximum absolute atomic E-state index is 11.4. The van der Waals surface area contributed by atoms with Gasteiger partial charge in [0, 0.05) is 18.6 Å². The van der Waals surface area contributed by atoms with E-state index in [0.29, 0.717) is 5.82 Å². The van der Waals surface area contributed by atoms with Gasteiger partial charge in [-0.15, -0.1) is 0 Å². The van der Waals surface area contributed by atoms with Crippen molar-refractivity contribution in [2.45, 2.75) is 26.2 Å². The predicted octanol–water partition coefficient (Wildman–Crippen LogP) is 0.249. The van der Waals surface area contributed by atoms with Gasteiger partial charge in [0.1, 0.15) is 5.82 Å². The molecule has 0 atom stereocenters. The zero-order valence-corrected chi connectivity index (χ0v) is 9.03. The third kappa shape index (κ3) is 4.08. The molecule has 0 radical (unpaired) electrons. The zero-order chi connectivity index (χ0) is 12.0. The number of carboxylic acids is 1. The highest BCUT2D eigenvalue weighted by Gasteiger charge is 2.04. The van der Waals surface area contributed by atoms with Gasteiger partial charge < -0.3 is 15.2 Å². The fraction of sp³-hybridized carbons (Fsp3) is 0.364. The maximum Gasteiger partial charge on any atom is 0.225 e. The quantitative estimate of drug-likeness (QED) is 0.772. The first-order valence-corrected chi connectivity index (χ1v) is 5.01. The van der Waals surface area contributed by atoms with Gasteiger partial charge in [0.05, 0.1) is 0 Å². The first-order chi connectivity index (χ1) is 7.59. The summed E-state index contributed by atoms with van der Waals surface area (Å²) in [7, 11) is 0. The third-order valence-electron chi connectivity index (χ3n) is 2.05. The second-order valence-electron chi connectivity index (χ2n) is 3.44. The third-order valence-corrected chi connectivity index (χ3v) is 2.05. The molecule has 1 amide bonds. The van der Waals surface area contributed by atoms with E-state index in [0.717, 1.165) is 5.56 Å². The van der Waals surface area contributed by atoms with Crippen molar-refractivity contribution in [1.82, 2.24) is 4.98 Å². The number of anilines is 1. The van der Waals surface area contributed by atoms with Crippen LogP contribution in [-0.4, -0.2) is 16.9 Å². The van der Waals surface area contributed by atoms with Crippen LogP contribution in [0.25, 0.3) is 0 Å². The average Bonchev–Trinajstić information content (AvgIpc) is 2.21. The average molecular weight is 221 g/mol. The normalized spacial score (nSPS) is 9.81. The molecule has 0 aromatic carbocycles. The van der Waals surface area contributed by atoms with E-state index < -0.39 is 5.97 Å². The van der Waals surface area contributed by atoms with Gasteiger partial charge in [0.15, 0.2) is 0 Å². The van der Waals surface area contributed by atoms with E-state index in [1.54, 1.807) is 12.3 Å². The molecule has 0 fully saturated rings. The molecule has 5 heteroatoms. The fourth-order valence-electron chi connectivity index (χ4n) is 1.20. The van der Waals surface area contributed by atoms with Crippen LogP contribution in [0.1, 0.15) is 24.8 Å². The van der Waals surface area contributed by atoms with Crippen molar-refractivity contribution in [3.8, 4) is 0 Å². The topological polar surface area (TPSA) is 82.1 Å². The Kier molecular flexibility index (Phi) is 4.44. The number of aromatic nitrogens is 1. The first-order valence-electron chi connectivity index (χ1n) is 5.01. The number of carbonyl (C=O) groups excluding carboxylic acids is 2. The van der Waals surface area contributed by atoms with Crippen molar-refractivity contribution in [2.75, 3.05) is 5.32 Å². The Morgan fingerprint density at radius 1 is 1.44 bits per heavy atom. The molecule has 86 valence electrons. The number of nitrogens with one attached hydrogen (secondary N) is 1. The standard InChI is InChI=1S/C11H14N2O3/c1-8-4-3-7-12-11(8)13-9(14)5-2-6-10(15)16/h3-4,7H,2,5-6H2,1H3,(H,15,16)(H,12,13,14)/p-1. The highest BCUT2D eigenvalue weighted by atomic mass is 16.4. The zero-order valence-electron chi connectivity index (χ0n) is 9.03. The minimum atomic E-state index is -1.14. The Morgan fingerprint density at radius 3 is 2.81 bits per heavy atom. The van der Waals surface area contributed by atoms with Gasteiger partial charge in [-0.05, 0) is 31.4 Å². The molecule has 1 aromatic heterocycles. The molecule has 0 bridgehead atoms. The van der Waals surface area contributed by atoms with Crippen LogP contribution in [0.4, 0.5) is 5.82 Å². The molecule has 0 aliphatic carbocycles. The first kappa shape index (κ1) is 12.2. The van der Waals surface area contributed by atoms with Crippen molar-refractivity contribution in [2.24, 2.45) is 0 Å². The van der Waals surface area contributed by atoms with E-state index in [9.17, 15) is 14.7 Å². The second kappa shape index (κ2) is 5.85. The van der Waals surface area contributed by atoms with Gasteiger partial charge in [-0.3, -0.25) is 4.79 Å². The number of carboxylic acid groups (broad SMARTS) is 1. The minimum absolute atomic E-state index is 0.103. The van der Waals surface area contributed by atoms with Crippen LogP contribution in [0.5, 0.6) is 0 Å². The Labute approximate surface area is 93.5 Å². The maximum atomic E-state index is 11.4. The molecule has 0 saturated heterocycles. The van der Waals surface area contributed by atoms with Gasteiger partial charge >= 0.3 is 0 Å². The molecule has 0 unspecified atom stereocenters. The lowest BCUT2D eigenvalue weighted by molar-refractivity contribution is -0.305. The van der Waals surface area contributed by atoms with Gasteiger partial charge in [0.2, 0.25) is 5.91 Å². The Hall–Kier alpha value is -1.91. The summed E-state index contributed by atoms with van der Waals surface area (Å²) in [5.74, 6) is -0.856. The van der Waals surface area contributed by atoms with Gasteiger partial charge in [-0.2, -0.15) is 0 Å². The molecule has 1 rings (SSSR count). The van der Waals surface area contributed by atoms with Crippen molar-refractivity contribution in [1.29, 1.82) is 0 Å². The van der Waals surface area contributed by atoms with Crippen LogP contribution in [0.15, 0.2) is 18.3 Å². The van der Waals surface area contributed by atoms with E-state index in [1.807, 2.05) is 13.0 Å². The number of aryl methyl sites for hydroxylation is 1. The van der Waals surface area contributed by atoms with Crippen molar-refractivity contribution in [3.05, 3.63) is 23.9 Å². The lowest BCUT2D eigenvalue weighted by Gasteiger charge is -2.06. The minimum Gasteiger partial charge on any atom is -0.550 e.